The van der Waals surface area contributed by atoms with Gasteiger partial charge in [0.2, 0.25) is 5.91 Å². The first kappa shape index (κ1) is 13.7. The fourth-order valence-electron chi connectivity index (χ4n) is 1.40. The number of amides is 1. The van der Waals surface area contributed by atoms with Crippen LogP contribution < -0.4 is 5.32 Å². The largest absolute Gasteiger partial charge is 0.324 e. The first-order valence-corrected chi connectivity index (χ1v) is 6.99. The van der Waals surface area contributed by atoms with Crippen LogP contribution in [0.2, 0.25) is 14.4 Å². The number of rotatable bonds is 3. The minimum Gasteiger partial charge on any atom is -0.324 e. The summed E-state index contributed by atoms with van der Waals surface area (Å²) in [5.74, 6) is -0.155. The first-order valence-electron chi connectivity index (χ1n) is 5.04. The van der Waals surface area contributed by atoms with Crippen molar-refractivity contribution in [1.82, 2.24) is 0 Å². The fourth-order valence-corrected chi connectivity index (χ4v) is 2.83. The molecule has 0 spiro atoms. The Morgan fingerprint density at radius 2 is 1.94 bits per heavy atom. The summed E-state index contributed by atoms with van der Waals surface area (Å²) in [7, 11) is 0. The van der Waals surface area contributed by atoms with Crippen molar-refractivity contribution in [3.05, 3.63) is 49.6 Å². The number of benzene rings is 1. The normalized spacial score (nSPS) is 10.4. The van der Waals surface area contributed by atoms with E-state index in [1.165, 1.54) is 11.3 Å². The van der Waals surface area contributed by atoms with E-state index in [1.54, 1.807) is 24.3 Å². The molecule has 1 heterocycles. The summed E-state index contributed by atoms with van der Waals surface area (Å²) in [6.07, 6.45) is 0.264. The van der Waals surface area contributed by atoms with E-state index in [-0.39, 0.29) is 12.3 Å². The zero-order valence-electron chi connectivity index (χ0n) is 9.04. The van der Waals surface area contributed by atoms with Gasteiger partial charge in [0.05, 0.1) is 26.5 Å². The van der Waals surface area contributed by atoms with E-state index in [1.807, 2.05) is 6.07 Å². The topological polar surface area (TPSA) is 29.1 Å². The number of thiophene rings is 1. The lowest BCUT2D eigenvalue weighted by atomic mass is 10.3. The van der Waals surface area contributed by atoms with E-state index in [2.05, 4.69) is 5.32 Å². The predicted octanol–water partition coefficient (Wildman–Crippen LogP) is 4.89. The number of carbonyl (C=O) groups is 1. The molecule has 0 aliphatic rings. The zero-order chi connectivity index (χ0) is 13.1. The van der Waals surface area contributed by atoms with Crippen LogP contribution in [0.3, 0.4) is 0 Å². The molecule has 0 saturated carbocycles. The number of anilines is 1. The summed E-state index contributed by atoms with van der Waals surface area (Å²) in [4.78, 5) is 12.7. The van der Waals surface area contributed by atoms with Gasteiger partial charge in [-0.1, -0.05) is 40.9 Å². The molecule has 18 heavy (non-hydrogen) atoms. The molecule has 0 fully saturated rings. The lowest BCUT2D eigenvalue weighted by molar-refractivity contribution is -0.115. The van der Waals surface area contributed by atoms with Gasteiger partial charge in [0, 0.05) is 4.88 Å². The second kappa shape index (κ2) is 5.93. The van der Waals surface area contributed by atoms with Crippen molar-refractivity contribution in [2.75, 3.05) is 5.32 Å². The third-order valence-electron chi connectivity index (χ3n) is 2.19. The van der Waals surface area contributed by atoms with Crippen LogP contribution in [0, 0.1) is 0 Å². The van der Waals surface area contributed by atoms with Crippen molar-refractivity contribution in [2.45, 2.75) is 6.42 Å². The van der Waals surface area contributed by atoms with Gasteiger partial charge in [-0.3, -0.25) is 4.79 Å². The maximum Gasteiger partial charge on any atom is 0.229 e. The fraction of sp³-hybridized carbons (Fsp3) is 0.0833. The lowest BCUT2D eigenvalue weighted by Gasteiger charge is -2.07. The van der Waals surface area contributed by atoms with E-state index >= 15 is 0 Å². The highest BCUT2D eigenvalue weighted by molar-refractivity contribution is 7.16. The SMILES string of the molecule is O=C(Cc1ccc(Cl)s1)Nc1cccc(Cl)c1Cl. The summed E-state index contributed by atoms with van der Waals surface area (Å²) in [6, 6.07) is 8.69. The maximum atomic E-state index is 11.8. The molecular formula is C12H8Cl3NOS. The van der Waals surface area contributed by atoms with Gasteiger partial charge in [0.25, 0.3) is 0 Å². The number of halogens is 3. The number of hydrogen-bond donors (Lipinski definition) is 1. The highest BCUT2D eigenvalue weighted by atomic mass is 35.5. The molecule has 1 aromatic heterocycles. The molecule has 1 aromatic carbocycles. The molecule has 2 rings (SSSR count). The summed E-state index contributed by atoms with van der Waals surface area (Å²) in [6.45, 7) is 0. The highest BCUT2D eigenvalue weighted by Crippen LogP contribution is 2.29. The van der Waals surface area contributed by atoms with Crippen LogP contribution in [-0.4, -0.2) is 5.91 Å². The van der Waals surface area contributed by atoms with Crippen LogP contribution in [-0.2, 0) is 11.2 Å². The van der Waals surface area contributed by atoms with Gasteiger partial charge < -0.3 is 5.32 Å². The van der Waals surface area contributed by atoms with Crippen LogP contribution in [0.25, 0.3) is 0 Å². The standard InChI is InChI=1S/C12H8Cl3NOS/c13-8-2-1-3-9(12(8)15)16-11(17)6-7-4-5-10(14)18-7/h1-5H,6H2,(H,16,17). The average molecular weight is 321 g/mol. The molecular weight excluding hydrogens is 313 g/mol. The van der Waals surface area contributed by atoms with Crippen molar-refractivity contribution in [2.24, 2.45) is 0 Å². The van der Waals surface area contributed by atoms with Crippen molar-refractivity contribution in [1.29, 1.82) is 0 Å². The van der Waals surface area contributed by atoms with Crippen LogP contribution >= 0.6 is 46.1 Å². The van der Waals surface area contributed by atoms with Crippen LogP contribution in [0.5, 0.6) is 0 Å². The van der Waals surface area contributed by atoms with Crippen LogP contribution in [0.15, 0.2) is 30.3 Å². The molecule has 0 aliphatic heterocycles. The minimum absolute atomic E-state index is 0.155. The maximum absolute atomic E-state index is 11.8. The smallest absolute Gasteiger partial charge is 0.229 e. The van der Waals surface area contributed by atoms with E-state index in [0.29, 0.717) is 20.1 Å². The highest BCUT2D eigenvalue weighted by Gasteiger charge is 2.10. The van der Waals surface area contributed by atoms with E-state index < -0.39 is 0 Å². The molecule has 94 valence electrons. The zero-order valence-corrected chi connectivity index (χ0v) is 12.1. The second-order valence-electron chi connectivity index (χ2n) is 3.53. The molecule has 0 aliphatic carbocycles. The van der Waals surface area contributed by atoms with Gasteiger partial charge >= 0.3 is 0 Å². The Labute approximate surface area is 123 Å². The van der Waals surface area contributed by atoms with Gasteiger partial charge in [-0.25, -0.2) is 0 Å². The molecule has 1 amide bonds. The van der Waals surface area contributed by atoms with Gasteiger partial charge in [-0.15, -0.1) is 11.3 Å². The van der Waals surface area contributed by atoms with E-state index in [4.69, 9.17) is 34.8 Å². The first-order chi connectivity index (χ1) is 8.56. The van der Waals surface area contributed by atoms with Crippen LogP contribution in [0.4, 0.5) is 5.69 Å². The average Bonchev–Trinajstić information content (AvgIpc) is 2.70. The van der Waals surface area contributed by atoms with E-state index in [9.17, 15) is 4.79 Å². The molecule has 2 aromatic rings. The van der Waals surface area contributed by atoms with Crippen molar-refractivity contribution >= 4 is 57.7 Å². The van der Waals surface area contributed by atoms with Gasteiger partial charge in [-0.05, 0) is 24.3 Å². The Morgan fingerprint density at radius 1 is 1.17 bits per heavy atom. The van der Waals surface area contributed by atoms with Crippen molar-refractivity contribution in [3.63, 3.8) is 0 Å². The second-order valence-corrected chi connectivity index (χ2v) is 6.12. The van der Waals surface area contributed by atoms with Gasteiger partial charge in [0.15, 0.2) is 0 Å². The third kappa shape index (κ3) is 3.39. The molecule has 0 saturated heterocycles. The Morgan fingerprint density at radius 3 is 2.61 bits per heavy atom. The Hall–Kier alpha value is -0.740. The quantitative estimate of drug-likeness (QED) is 0.857. The molecule has 0 bridgehead atoms. The molecule has 0 atom stereocenters. The summed E-state index contributed by atoms with van der Waals surface area (Å²) in [5, 5.41) is 3.47. The molecule has 1 N–H and O–H groups in total. The number of nitrogens with one attached hydrogen (secondary N) is 1. The van der Waals surface area contributed by atoms with Gasteiger partial charge in [0.1, 0.15) is 0 Å². The molecule has 0 unspecified atom stereocenters. The Balaban J connectivity index is 2.05. The lowest BCUT2D eigenvalue weighted by Crippen LogP contribution is -2.13. The molecule has 2 nitrogen and oxygen atoms in total. The number of carbonyl (C=O) groups excluding carboxylic acids is 1. The van der Waals surface area contributed by atoms with Crippen molar-refractivity contribution in [3.8, 4) is 0 Å². The Kier molecular flexibility index (Phi) is 4.51. The summed E-state index contributed by atoms with van der Waals surface area (Å²) >= 11 is 19.0. The van der Waals surface area contributed by atoms with E-state index in [0.717, 1.165) is 4.88 Å². The Bertz CT molecular complexity index is 582. The van der Waals surface area contributed by atoms with Crippen molar-refractivity contribution < 1.29 is 4.79 Å². The summed E-state index contributed by atoms with van der Waals surface area (Å²) in [5.41, 5.74) is 0.511. The third-order valence-corrected chi connectivity index (χ3v) is 4.24. The minimum atomic E-state index is -0.155. The monoisotopic (exact) mass is 319 g/mol. The molecule has 6 heteroatoms. The van der Waals surface area contributed by atoms with Crippen LogP contribution in [0.1, 0.15) is 4.88 Å². The molecule has 0 radical (unpaired) electrons. The van der Waals surface area contributed by atoms with Gasteiger partial charge in [-0.2, -0.15) is 0 Å². The number of hydrogen-bond acceptors (Lipinski definition) is 2. The summed E-state index contributed by atoms with van der Waals surface area (Å²) < 4.78 is 0.665. The predicted molar refractivity (Wildman–Crippen MR) is 78.1 cm³/mol.